The first-order chi connectivity index (χ1) is 6.74. The van der Waals surface area contributed by atoms with Crippen LogP contribution in [0.2, 0.25) is 0 Å². The quantitative estimate of drug-likeness (QED) is 0.718. The summed E-state index contributed by atoms with van der Waals surface area (Å²) in [5, 5.41) is 0. The molecule has 2 unspecified atom stereocenters. The van der Waals surface area contributed by atoms with Crippen LogP contribution in [-0.4, -0.2) is 42.1 Å². The third-order valence-corrected chi connectivity index (χ3v) is 5.21. The number of likely N-dealkylation sites (tertiary alicyclic amines) is 1. The summed E-state index contributed by atoms with van der Waals surface area (Å²) >= 11 is 2.21. The number of nitrogens with zero attached hydrogens (tertiary/aromatic N) is 1. The summed E-state index contributed by atoms with van der Waals surface area (Å²) < 4.78 is 0.565. The number of thioether (sulfide) groups is 1. The molecule has 1 spiro atoms. The molecule has 2 rings (SSSR count). The Balaban J connectivity index is 1.99. The summed E-state index contributed by atoms with van der Waals surface area (Å²) in [5.41, 5.74) is 5.81. The Morgan fingerprint density at radius 2 is 2.43 bits per heavy atom. The Morgan fingerprint density at radius 3 is 3.14 bits per heavy atom. The van der Waals surface area contributed by atoms with Gasteiger partial charge >= 0.3 is 0 Å². The first-order valence-corrected chi connectivity index (χ1v) is 6.75. The van der Waals surface area contributed by atoms with Gasteiger partial charge in [0.05, 0.1) is 0 Å². The highest BCUT2D eigenvalue weighted by molar-refractivity contribution is 8.00. The van der Waals surface area contributed by atoms with Gasteiger partial charge in [0, 0.05) is 11.3 Å². The maximum atomic E-state index is 5.81. The van der Waals surface area contributed by atoms with E-state index in [-0.39, 0.29) is 0 Å². The first-order valence-electron chi connectivity index (χ1n) is 5.77. The Kier molecular flexibility index (Phi) is 3.40. The van der Waals surface area contributed by atoms with E-state index < -0.39 is 0 Å². The molecule has 2 nitrogen and oxygen atoms in total. The van der Waals surface area contributed by atoms with Gasteiger partial charge in [-0.3, -0.25) is 0 Å². The van der Waals surface area contributed by atoms with Crippen LogP contribution in [-0.2, 0) is 0 Å². The number of piperidine rings is 1. The highest BCUT2D eigenvalue weighted by atomic mass is 32.2. The summed E-state index contributed by atoms with van der Waals surface area (Å²) in [6.45, 7) is 3.47. The largest absolute Gasteiger partial charge is 0.330 e. The van der Waals surface area contributed by atoms with Crippen molar-refractivity contribution in [2.24, 2.45) is 11.7 Å². The van der Waals surface area contributed by atoms with Gasteiger partial charge in [-0.2, -0.15) is 11.8 Å². The highest BCUT2D eigenvalue weighted by Crippen LogP contribution is 2.44. The summed E-state index contributed by atoms with van der Waals surface area (Å²) in [6.07, 6.45) is 5.49. The molecular weight excluding hydrogens is 192 g/mol. The fourth-order valence-corrected chi connectivity index (χ4v) is 4.77. The van der Waals surface area contributed by atoms with Gasteiger partial charge < -0.3 is 10.6 Å². The maximum Gasteiger partial charge on any atom is 0.0290 e. The van der Waals surface area contributed by atoms with Crippen molar-refractivity contribution in [2.75, 3.05) is 32.4 Å². The van der Waals surface area contributed by atoms with E-state index >= 15 is 0 Å². The van der Waals surface area contributed by atoms with Gasteiger partial charge in [0.1, 0.15) is 0 Å². The van der Waals surface area contributed by atoms with Crippen LogP contribution in [0.15, 0.2) is 0 Å². The van der Waals surface area contributed by atoms with Gasteiger partial charge in [0.25, 0.3) is 0 Å². The highest BCUT2D eigenvalue weighted by Gasteiger charge is 2.39. The van der Waals surface area contributed by atoms with Crippen LogP contribution in [0.5, 0.6) is 0 Å². The molecule has 3 heteroatoms. The van der Waals surface area contributed by atoms with Crippen LogP contribution in [0.4, 0.5) is 0 Å². The number of hydrogen-bond acceptors (Lipinski definition) is 3. The fourth-order valence-electron chi connectivity index (χ4n) is 2.94. The van der Waals surface area contributed by atoms with Crippen molar-refractivity contribution in [2.45, 2.75) is 30.4 Å². The molecule has 0 aliphatic carbocycles. The average Bonchev–Trinajstić information content (AvgIpc) is 2.17. The molecule has 0 aromatic carbocycles. The SMILES string of the molecule is CN1CCCC2(CC(CN)CCS2)C1. The van der Waals surface area contributed by atoms with Gasteiger partial charge in [0.15, 0.2) is 0 Å². The Morgan fingerprint density at radius 1 is 1.57 bits per heavy atom. The zero-order valence-electron chi connectivity index (χ0n) is 9.17. The molecular formula is C11H22N2S. The normalized spacial score (nSPS) is 40.3. The van der Waals surface area contributed by atoms with Crippen molar-refractivity contribution in [3.63, 3.8) is 0 Å². The molecule has 2 N–H and O–H groups in total. The van der Waals surface area contributed by atoms with Crippen molar-refractivity contribution in [1.82, 2.24) is 4.90 Å². The molecule has 0 aromatic heterocycles. The van der Waals surface area contributed by atoms with E-state index in [2.05, 4.69) is 23.7 Å². The molecule has 0 saturated carbocycles. The van der Waals surface area contributed by atoms with Crippen molar-refractivity contribution in [1.29, 1.82) is 0 Å². The number of hydrogen-bond donors (Lipinski definition) is 1. The molecule has 2 aliphatic heterocycles. The number of rotatable bonds is 1. The van der Waals surface area contributed by atoms with Crippen LogP contribution in [0.3, 0.4) is 0 Å². The smallest absolute Gasteiger partial charge is 0.0290 e. The minimum Gasteiger partial charge on any atom is -0.330 e. The second kappa shape index (κ2) is 4.42. The van der Waals surface area contributed by atoms with Crippen LogP contribution >= 0.6 is 11.8 Å². The Hall–Kier alpha value is 0.270. The summed E-state index contributed by atoms with van der Waals surface area (Å²) in [6, 6.07) is 0. The van der Waals surface area contributed by atoms with Crippen LogP contribution < -0.4 is 5.73 Å². The molecule has 0 aromatic rings. The number of nitrogens with two attached hydrogens (primary N) is 1. The van der Waals surface area contributed by atoms with Crippen LogP contribution in [0.25, 0.3) is 0 Å². The zero-order valence-corrected chi connectivity index (χ0v) is 9.98. The molecule has 0 radical (unpaired) electrons. The minimum absolute atomic E-state index is 0.565. The lowest BCUT2D eigenvalue weighted by Crippen LogP contribution is -2.48. The standard InChI is InChI=1S/C11H22N2S/c1-13-5-2-4-11(9-13)7-10(8-12)3-6-14-11/h10H,2-9,12H2,1H3. The fraction of sp³-hybridized carbons (Fsp3) is 1.00. The predicted molar refractivity (Wildman–Crippen MR) is 63.7 cm³/mol. The van der Waals surface area contributed by atoms with Gasteiger partial charge in [0.2, 0.25) is 0 Å². The molecule has 2 aliphatic rings. The molecule has 0 amide bonds. The molecule has 82 valence electrons. The van der Waals surface area contributed by atoms with Crippen molar-refractivity contribution >= 4 is 11.8 Å². The average molecular weight is 214 g/mol. The Labute approximate surface area is 91.6 Å². The maximum absolute atomic E-state index is 5.81. The lowest BCUT2D eigenvalue weighted by atomic mass is 9.85. The van der Waals surface area contributed by atoms with Gasteiger partial charge in [-0.25, -0.2) is 0 Å². The lowest BCUT2D eigenvalue weighted by Gasteiger charge is -2.45. The first kappa shape index (κ1) is 10.8. The predicted octanol–water partition coefficient (Wildman–Crippen LogP) is 1.55. The van der Waals surface area contributed by atoms with E-state index in [0.717, 1.165) is 12.5 Å². The van der Waals surface area contributed by atoms with Crippen molar-refractivity contribution in [3.05, 3.63) is 0 Å². The van der Waals surface area contributed by atoms with Gasteiger partial charge in [-0.15, -0.1) is 0 Å². The summed E-state index contributed by atoms with van der Waals surface area (Å²) in [5.74, 6) is 2.12. The van der Waals surface area contributed by atoms with Gasteiger partial charge in [-0.1, -0.05) is 0 Å². The molecule has 2 fully saturated rings. The minimum atomic E-state index is 0.565. The lowest BCUT2D eigenvalue weighted by molar-refractivity contribution is 0.203. The van der Waals surface area contributed by atoms with Gasteiger partial charge in [-0.05, 0) is 57.5 Å². The van der Waals surface area contributed by atoms with Crippen molar-refractivity contribution < 1.29 is 0 Å². The summed E-state index contributed by atoms with van der Waals surface area (Å²) in [7, 11) is 2.26. The van der Waals surface area contributed by atoms with Crippen molar-refractivity contribution in [3.8, 4) is 0 Å². The Bertz CT molecular complexity index is 194. The van der Waals surface area contributed by atoms with E-state index in [1.165, 1.54) is 44.5 Å². The monoisotopic (exact) mass is 214 g/mol. The van der Waals surface area contributed by atoms with E-state index in [0.29, 0.717) is 4.75 Å². The topological polar surface area (TPSA) is 29.3 Å². The van der Waals surface area contributed by atoms with E-state index in [4.69, 9.17) is 5.73 Å². The summed E-state index contributed by atoms with van der Waals surface area (Å²) in [4.78, 5) is 2.50. The third-order valence-electron chi connectivity index (χ3n) is 3.66. The molecule has 0 bridgehead atoms. The third kappa shape index (κ3) is 2.26. The molecule has 2 heterocycles. The van der Waals surface area contributed by atoms with E-state index in [9.17, 15) is 0 Å². The molecule has 2 saturated heterocycles. The van der Waals surface area contributed by atoms with E-state index in [1.54, 1.807) is 0 Å². The van der Waals surface area contributed by atoms with Crippen LogP contribution in [0, 0.1) is 5.92 Å². The second-order valence-corrected chi connectivity index (χ2v) is 6.53. The molecule has 2 atom stereocenters. The molecule has 14 heavy (non-hydrogen) atoms. The second-order valence-electron chi connectivity index (χ2n) is 4.97. The zero-order chi connectivity index (χ0) is 10.0. The van der Waals surface area contributed by atoms with E-state index in [1.807, 2.05) is 0 Å². The van der Waals surface area contributed by atoms with Crippen LogP contribution in [0.1, 0.15) is 25.7 Å².